The summed E-state index contributed by atoms with van der Waals surface area (Å²) in [7, 11) is 0. The molecule has 0 aromatic rings. The van der Waals surface area contributed by atoms with E-state index in [1.165, 1.54) is 25.7 Å². The third-order valence-electron chi connectivity index (χ3n) is 3.69. The van der Waals surface area contributed by atoms with E-state index in [1.54, 1.807) is 33.4 Å². The first-order valence-corrected chi connectivity index (χ1v) is 4.91. The average Bonchev–Trinajstić information content (AvgIpc) is 1.99. The van der Waals surface area contributed by atoms with Gasteiger partial charge in [-0.3, -0.25) is 0 Å². The standard InChI is InChI=1S/C12H14/c1-7-3-4-9(7)12-8(2)10-5-6-11(10)12/h3-6H2,1-2H3. The van der Waals surface area contributed by atoms with Gasteiger partial charge in [-0.15, -0.1) is 0 Å². The summed E-state index contributed by atoms with van der Waals surface area (Å²) in [5.74, 6) is 0. The van der Waals surface area contributed by atoms with Crippen molar-refractivity contribution in [3.8, 4) is 0 Å². The molecule has 3 rings (SSSR count). The Balaban J connectivity index is 2.02. The van der Waals surface area contributed by atoms with E-state index in [0.29, 0.717) is 0 Å². The van der Waals surface area contributed by atoms with Crippen molar-refractivity contribution >= 4 is 0 Å². The molecular formula is C12H14. The van der Waals surface area contributed by atoms with Crippen molar-refractivity contribution < 1.29 is 0 Å². The van der Waals surface area contributed by atoms with Crippen molar-refractivity contribution in [2.75, 3.05) is 0 Å². The normalized spacial score (nSPS) is 26.5. The van der Waals surface area contributed by atoms with Gasteiger partial charge in [0.2, 0.25) is 0 Å². The van der Waals surface area contributed by atoms with Gasteiger partial charge < -0.3 is 0 Å². The minimum absolute atomic E-state index is 1.34. The second kappa shape index (κ2) is 1.93. The molecule has 3 aliphatic rings. The molecule has 0 unspecified atom stereocenters. The SMILES string of the molecule is CC1=C(C2=C3CCC3=C2C)CC1. The molecule has 0 radical (unpaired) electrons. The Morgan fingerprint density at radius 3 is 1.75 bits per heavy atom. The molecule has 0 atom stereocenters. The maximum Gasteiger partial charge on any atom is -0.0158 e. The van der Waals surface area contributed by atoms with E-state index in [-0.39, 0.29) is 0 Å². The van der Waals surface area contributed by atoms with Crippen LogP contribution >= 0.6 is 0 Å². The molecular weight excluding hydrogens is 144 g/mol. The molecule has 3 aliphatic carbocycles. The van der Waals surface area contributed by atoms with Crippen molar-refractivity contribution in [1.82, 2.24) is 0 Å². The summed E-state index contributed by atoms with van der Waals surface area (Å²) in [6.45, 7) is 4.59. The van der Waals surface area contributed by atoms with Crippen LogP contribution in [-0.4, -0.2) is 0 Å². The van der Waals surface area contributed by atoms with Gasteiger partial charge in [0.15, 0.2) is 0 Å². The van der Waals surface area contributed by atoms with E-state index in [0.717, 1.165) is 0 Å². The lowest BCUT2D eigenvalue weighted by atomic mass is 9.63. The highest BCUT2D eigenvalue weighted by Crippen LogP contribution is 2.54. The third kappa shape index (κ3) is 0.565. The molecule has 1 fully saturated rings. The van der Waals surface area contributed by atoms with Crippen LogP contribution in [0, 0.1) is 0 Å². The predicted octanol–water partition coefficient (Wildman–Crippen LogP) is 3.52. The fourth-order valence-electron chi connectivity index (χ4n) is 2.63. The Morgan fingerprint density at radius 2 is 1.42 bits per heavy atom. The van der Waals surface area contributed by atoms with Crippen LogP contribution in [0.2, 0.25) is 0 Å². The molecule has 0 spiro atoms. The van der Waals surface area contributed by atoms with Gasteiger partial charge >= 0.3 is 0 Å². The zero-order chi connectivity index (χ0) is 8.29. The molecule has 0 nitrogen and oxygen atoms in total. The highest BCUT2D eigenvalue weighted by molar-refractivity contribution is 5.71. The summed E-state index contributed by atoms with van der Waals surface area (Å²) in [5.41, 5.74) is 10.0. The lowest BCUT2D eigenvalue weighted by Gasteiger charge is -2.41. The maximum absolute atomic E-state index is 2.30. The van der Waals surface area contributed by atoms with Crippen molar-refractivity contribution in [3.05, 3.63) is 33.4 Å². The summed E-state index contributed by atoms with van der Waals surface area (Å²) in [4.78, 5) is 0. The first-order valence-electron chi connectivity index (χ1n) is 4.91. The molecule has 0 heterocycles. The summed E-state index contributed by atoms with van der Waals surface area (Å²) in [5, 5.41) is 0. The van der Waals surface area contributed by atoms with Gasteiger partial charge in [-0.05, 0) is 67.4 Å². The van der Waals surface area contributed by atoms with Crippen LogP contribution < -0.4 is 0 Å². The molecule has 0 N–H and O–H groups in total. The fraction of sp³-hybridized carbons (Fsp3) is 0.500. The molecule has 0 aromatic heterocycles. The molecule has 1 saturated carbocycles. The summed E-state index contributed by atoms with van der Waals surface area (Å²) in [6, 6.07) is 0. The minimum atomic E-state index is 1.34. The number of hydrogen-bond donors (Lipinski definition) is 0. The number of rotatable bonds is 1. The monoisotopic (exact) mass is 158 g/mol. The Hall–Kier alpha value is -0.780. The Morgan fingerprint density at radius 1 is 0.750 bits per heavy atom. The largest absolute Gasteiger partial charge is 0.0692 e. The molecule has 12 heavy (non-hydrogen) atoms. The number of allylic oxidation sites excluding steroid dienone is 6. The average molecular weight is 158 g/mol. The van der Waals surface area contributed by atoms with Crippen molar-refractivity contribution in [1.29, 1.82) is 0 Å². The minimum Gasteiger partial charge on any atom is -0.0692 e. The fourth-order valence-corrected chi connectivity index (χ4v) is 2.63. The second-order valence-corrected chi connectivity index (χ2v) is 4.22. The lowest BCUT2D eigenvalue weighted by Crippen LogP contribution is -2.22. The van der Waals surface area contributed by atoms with Crippen LogP contribution in [0.5, 0.6) is 0 Å². The van der Waals surface area contributed by atoms with E-state index < -0.39 is 0 Å². The van der Waals surface area contributed by atoms with Crippen LogP contribution in [0.4, 0.5) is 0 Å². The molecule has 0 aliphatic heterocycles. The maximum atomic E-state index is 2.30. The first-order chi connectivity index (χ1) is 5.79. The summed E-state index contributed by atoms with van der Waals surface area (Å²) in [6.07, 6.45) is 5.40. The van der Waals surface area contributed by atoms with Gasteiger partial charge in [0.1, 0.15) is 0 Å². The van der Waals surface area contributed by atoms with Gasteiger partial charge in [0.05, 0.1) is 0 Å². The molecule has 62 valence electrons. The Bertz CT molecular complexity index is 361. The van der Waals surface area contributed by atoms with Gasteiger partial charge in [-0.25, -0.2) is 0 Å². The Labute approximate surface area is 73.7 Å². The zero-order valence-electron chi connectivity index (χ0n) is 7.83. The smallest absolute Gasteiger partial charge is 0.0158 e. The highest BCUT2D eigenvalue weighted by Gasteiger charge is 2.35. The van der Waals surface area contributed by atoms with Crippen molar-refractivity contribution in [3.63, 3.8) is 0 Å². The van der Waals surface area contributed by atoms with Crippen LogP contribution in [-0.2, 0) is 0 Å². The molecule has 0 amide bonds. The summed E-state index contributed by atoms with van der Waals surface area (Å²) < 4.78 is 0. The van der Waals surface area contributed by atoms with E-state index in [9.17, 15) is 0 Å². The number of fused-ring (bicyclic) bond motifs is 1. The highest BCUT2D eigenvalue weighted by atomic mass is 14.4. The quantitative estimate of drug-likeness (QED) is 0.547. The van der Waals surface area contributed by atoms with E-state index in [4.69, 9.17) is 0 Å². The van der Waals surface area contributed by atoms with E-state index >= 15 is 0 Å². The van der Waals surface area contributed by atoms with Crippen LogP contribution in [0.3, 0.4) is 0 Å². The van der Waals surface area contributed by atoms with Gasteiger partial charge in [0, 0.05) is 0 Å². The lowest BCUT2D eigenvalue weighted by molar-refractivity contribution is 0.725. The topological polar surface area (TPSA) is 0 Å². The first kappa shape index (κ1) is 6.71. The zero-order valence-corrected chi connectivity index (χ0v) is 7.83. The molecule has 0 saturated heterocycles. The molecule has 0 aromatic carbocycles. The Kier molecular flexibility index (Phi) is 1.08. The van der Waals surface area contributed by atoms with Crippen LogP contribution in [0.15, 0.2) is 33.4 Å². The second-order valence-electron chi connectivity index (χ2n) is 4.22. The van der Waals surface area contributed by atoms with Gasteiger partial charge in [-0.1, -0.05) is 5.57 Å². The van der Waals surface area contributed by atoms with Crippen LogP contribution in [0.25, 0.3) is 0 Å². The van der Waals surface area contributed by atoms with Gasteiger partial charge in [-0.2, -0.15) is 0 Å². The van der Waals surface area contributed by atoms with E-state index in [2.05, 4.69) is 13.8 Å². The number of hydrogen-bond acceptors (Lipinski definition) is 0. The van der Waals surface area contributed by atoms with E-state index in [1.807, 2.05) is 0 Å². The molecule has 0 heteroatoms. The summed E-state index contributed by atoms with van der Waals surface area (Å²) >= 11 is 0. The predicted molar refractivity (Wildman–Crippen MR) is 50.9 cm³/mol. The van der Waals surface area contributed by atoms with Gasteiger partial charge in [0.25, 0.3) is 0 Å². The van der Waals surface area contributed by atoms with Crippen molar-refractivity contribution in [2.45, 2.75) is 39.5 Å². The third-order valence-corrected chi connectivity index (χ3v) is 3.69. The van der Waals surface area contributed by atoms with Crippen molar-refractivity contribution in [2.24, 2.45) is 0 Å². The van der Waals surface area contributed by atoms with Crippen LogP contribution in [0.1, 0.15) is 39.5 Å². The molecule has 0 bridgehead atoms.